The van der Waals surface area contributed by atoms with Gasteiger partial charge in [0.1, 0.15) is 0 Å². The number of H-pyrrole nitrogens is 1. The molecule has 2 amide bonds. The minimum atomic E-state index is -5.08. The summed E-state index contributed by atoms with van der Waals surface area (Å²) in [5.74, 6) is -3.01. The van der Waals surface area contributed by atoms with Gasteiger partial charge in [-0.25, -0.2) is 14.6 Å². The van der Waals surface area contributed by atoms with Gasteiger partial charge >= 0.3 is 18.2 Å². The summed E-state index contributed by atoms with van der Waals surface area (Å²) in [6.45, 7) is 0.0938. The molecule has 5 rings (SSSR count). The van der Waals surface area contributed by atoms with Gasteiger partial charge in [-0.05, 0) is 29.8 Å². The number of rotatable bonds is 4. The number of aromatic nitrogens is 2. The van der Waals surface area contributed by atoms with E-state index in [1.165, 1.54) is 4.90 Å². The molecule has 0 saturated heterocycles. The van der Waals surface area contributed by atoms with E-state index in [0.717, 1.165) is 0 Å². The molecule has 0 fully saturated rings. The second-order valence-electron chi connectivity index (χ2n) is 8.25. The summed E-state index contributed by atoms with van der Waals surface area (Å²) >= 11 is 6.34. The van der Waals surface area contributed by atoms with Gasteiger partial charge in [0.15, 0.2) is 5.72 Å². The van der Waals surface area contributed by atoms with Crippen molar-refractivity contribution in [2.24, 2.45) is 0 Å². The average Bonchev–Trinajstić information content (AvgIpc) is 3.36. The van der Waals surface area contributed by atoms with Crippen molar-refractivity contribution in [3.05, 3.63) is 94.0 Å². The van der Waals surface area contributed by atoms with Crippen LogP contribution in [0, 0.1) is 0 Å². The number of anilines is 1. The lowest BCUT2D eigenvalue weighted by Crippen LogP contribution is -2.44. The maximum atomic E-state index is 13.3. The highest BCUT2D eigenvalue weighted by atomic mass is 35.5. The van der Waals surface area contributed by atoms with Crippen LogP contribution < -0.4 is 5.32 Å². The Morgan fingerprint density at radius 1 is 1.05 bits per heavy atom. The number of carboxylic acids is 1. The standard InChI is InChI=1S/C23H17ClN4O4.C2HF3O2/c24-17-8-4-1-5-13(17)12-28-20(29)15-6-2-3-7-16(15)23(28,32)14-9-10-18-19(11-14)26-21(25-18)27-22(30)31;3-2(4,5)1(6)7/h1-11,32H,12H2,(H,30,31)(H2,25,26,27);(H,6,7). The number of halogens is 4. The molecular weight excluding hydrogens is 545 g/mol. The summed E-state index contributed by atoms with van der Waals surface area (Å²) in [6.07, 6.45) is -6.33. The van der Waals surface area contributed by atoms with Gasteiger partial charge < -0.3 is 20.3 Å². The molecule has 1 aromatic heterocycles. The number of aliphatic carboxylic acids is 1. The molecule has 3 aromatic carbocycles. The molecule has 0 spiro atoms. The molecule has 1 aliphatic rings. The van der Waals surface area contributed by atoms with E-state index in [1.807, 2.05) is 6.07 Å². The molecule has 0 radical (unpaired) electrons. The zero-order valence-corrected chi connectivity index (χ0v) is 20.3. The molecule has 5 N–H and O–H groups in total. The Morgan fingerprint density at radius 2 is 1.69 bits per heavy atom. The molecule has 39 heavy (non-hydrogen) atoms. The number of hydrogen-bond acceptors (Lipinski definition) is 5. The van der Waals surface area contributed by atoms with Gasteiger partial charge in [0, 0.05) is 21.7 Å². The minimum absolute atomic E-state index is 0.0625. The maximum Gasteiger partial charge on any atom is 0.490 e. The summed E-state index contributed by atoms with van der Waals surface area (Å²) < 4.78 is 31.7. The SMILES string of the molecule is O=C(O)C(F)(F)F.O=C(O)Nc1nc2ccc(C3(O)c4ccccc4C(=O)N3Cc3ccccc3Cl)cc2[nH]1. The van der Waals surface area contributed by atoms with Crippen molar-refractivity contribution in [1.82, 2.24) is 14.9 Å². The van der Waals surface area contributed by atoms with E-state index < -0.39 is 24.0 Å². The van der Waals surface area contributed by atoms with Crippen LogP contribution in [0.15, 0.2) is 66.7 Å². The predicted molar refractivity (Wildman–Crippen MR) is 132 cm³/mol. The number of benzene rings is 3. The Morgan fingerprint density at radius 3 is 2.33 bits per heavy atom. The zero-order valence-electron chi connectivity index (χ0n) is 19.5. The average molecular weight is 563 g/mol. The number of carbonyl (C=O) groups is 3. The third kappa shape index (κ3) is 5.35. The van der Waals surface area contributed by atoms with Gasteiger partial charge in [-0.2, -0.15) is 13.2 Å². The number of amides is 2. The fourth-order valence-corrected chi connectivity index (χ4v) is 4.29. The number of aromatic amines is 1. The van der Waals surface area contributed by atoms with E-state index >= 15 is 0 Å². The number of nitrogens with one attached hydrogen (secondary N) is 2. The second kappa shape index (κ2) is 10.3. The van der Waals surface area contributed by atoms with Crippen molar-refractivity contribution in [1.29, 1.82) is 0 Å². The van der Waals surface area contributed by atoms with Crippen molar-refractivity contribution in [3.63, 3.8) is 0 Å². The summed E-state index contributed by atoms with van der Waals surface area (Å²) in [4.78, 5) is 41.6. The lowest BCUT2D eigenvalue weighted by molar-refractivity contribution is -0.192. The van der Waals surface area contributed by atoms with E-state index in [2.05, 4.69) is 15.3 Å². The number of fused-ring (bicyclic) bond motifs is 2. The molecule has 1 unspecified atom stereocenters. The number of carbonyl (C=O) groups excluding carboxylic acids is 1. The number of hydrogen-bond donors (Lipinski definition) is 5. The van der Waals surface area contributed by atoms with E-state index in [9.17, 15) is 27.9 Å². The Labute approximate surface area is 222 Å². The number of imidazole rings is 1. The van der Waals surface area contributed by atoms with Gasteiger partial charge in [0.2, 0.25) is 5.95 Å². The maximum absolute atomic E-state index is 13.3. The van der Waals surface area contributed by atoms with Crippen molar-refractivity contribution in [3.8, 4) is 0 Å². The summed E-state index contributed by atoms with van der Waals surface area (Å²) in [5, 5.41) is 30.7. The fourth-order valence-electron chi connectivity index (χ4n) is 4.09. The largest absolute Gasteiger partial charge is 0.490 e. The van der Waals surface area contributed by atoms with Crippen molar-refractivity contribution < 1.29 is 42.9 Å². The van der Waals surface area contributed by atoms with E-state index in [-0.39, 0.29) is 18.4 Å². The first-order chi connectivity index (χ1) is 18.3. The van der Waals surface area contributed by atoms with Crippen molar-refractivity contribution in [2.45, 2.75) is 18.4 Å². The molecule has 202 valence electrons. The number of alkyl halides is 3. The van der Waals surface area contributed by atoms with Crippen LogP contribution in [-0.2, 0) is 17.1 Å². The van der Waals surface area contributed by atoms with Gasteiger partial charge in [-0.15, -0.1) is 0 Å². The first-order valence-electron chi connectivity index (χ1n) is 11.0. The van der Waals surface area contributed by atoms with E-state index in [1.54, 1.807) is 60.7 Å². The number of nitrogens with zero attached hydrogens (tertiary/aromatic N) is 2. The van der Waals surface area contributed by atoms with Gasteiger partial charge in [-0.3, -0.25) is 15.0 Å². The predicted octanol–water partition coefficient (Wildman–Crippen LogP) is 4.79. The number of carboxylic acid groups (broad SMARTS) is 2. The van der Waals surface area contributed by atoms with Crippen molar-refractivity contribution >= 4 is 46.6 Å². The first-order valence-corrected chi connectivity index (χ1v) is 11.4. The monoisotopic (exact) mass is 562 g/mol. The molecule has 0 saturated carbocycles. The summed E-state index contributed by atoms with van der Waals surface area (Å²) in [5.41, 5.74) is 1.25. The Bertz CT molecular complexity index is 1590. The third-order valence-corrected chi connectivity index (χ3v) is 6.18. The molecule has 10 nitrogen and oxygen atoms in total. The smallest absolute Gasteiger partial charge is 0.475 e. The lowest BCUT2D eigenvalue weighted by atomic mass is 9.93. The normalized spacial score (nSPS) is 16.4. The van der Waals surface area contributed by atoms with E-state index in [0.29, 0.717) is 38.3 Å². The van der Waals surface area contributed by atoms with Crippen LogP contribution in [0.3, 0.4) is 0 Å². The van der Waals surface area contributed by atoms with Crippen molar-refractivity contribution in [2.75, 3.05) is 5.32 Å². The highest BCUT2D eigenvalue weighted by Gasteiger charge is 2.50. The highest BCUT2D eigenvalue weighted by molar-refractivity contribution is 6.31. The molecule has 4 aromatic rings. The van der Waals surface area contributed by atoms with Crippen LogP contribution in [0.4, 0.5) is 23.9 Å². The Balaban J connectivity index is 0.000000448. The fraction of sp³-hybridized carbons (Fsp3) is 0.120. The summed E-state index contributed by atoms with van der Waals surface area (Å²) in [6, 6.07) is 19.1. The minimum Gasteiger partial charge on any atom is -0.475 e. The molecule has 0 bridgehead atoms. The Kier molecular flexibility index (Phi) is 7.22. The number of aliphatic hydroxyl groups is 1. The van der Waals surface area contributed by atoms with Crippen LogP contribution in [0.2, 0.25) is 5.02 Å². The Hall–Kier alpha value is -4.62. The molecule has 0 aliphatic carbocycles. The lowest BCUT2D eigenvalue weighted by Gasteiger charge is -2.35. The first kappa shape index (κ1) is 27.4. The highest BCUT2D eigenvalue weighted by Crippen LogP contribution is 2.44. The van der Waals surface area contributed by atoms with Crippen LogP contribution in [0.5, 0.6) is 0 Å². The molecule has 1 aliphatic heterocycles. The van der Waals surface area contributed by atoms with Crippen LogP contribution in [0.1, 0.15) is 27.0 Å². The third-order valence-electron chi connectivity index (χ3n) is 5.81. The molecule has 14 heteroatoms. The zero-order chi connectivity index (χ0) is 28.5. The quantitative estimate of drug-likeness (QED) is 0.239. The van der Waals surface area contributed by atoms with Gasteiger partial charge in [0.05, 0.1) is 17.6 Å². The second-order valence-corrected chi connectivity index (χ2v) is 8.66. The van der Waals surface area contributed by atoms with Crippen LogP contribution in [-0.4, -0.2) is 54.3 Å². The molecular formula is C25H18ClF3N4O6. The van der Waals surface area contributed by atoms with Gasteiger partial charge in [0.25, 0.3) is 5.91 Å². The molecule has 2 heterocycles. The topological polar surface area (TPSA) is 156 Å². The van der Waals surface area contributed by atoms with Gasteiger partial charge in [-0.1, -0.05) is 54.1 Å². The molecule has 1 atom stereocenters. The summed E-state index contributed by atoms with van der Waals surface area (Å²) in [7, 11) is 0. The van der Waals surface area contributed by atoms with Crippen LogP contribution >= 0.6 is 11.6 Å². The van der Waals surface area contributed by atoms with E-state index in [4.69, 9.17) is 26.6 Å². The van der Waals surface area contributed by atoms with Crippen LogP contribution in [0.25, 0.3) is 11.0 Å².